The van der Waals surface area contributed by atoms with E-state index in [0.717, 1.165) is 0 Å². The average Bonchev–Trinajstić information content (AvgIpc) is 2.06. The number of benzene rings is 1. The summed E-state index contributed by atoms with van der Waals surface area (Å²) in [6, 6.07) is 2.58. The first-order valence-corrected chi connectivity index (χ1v) is 5.42. The number of nitrogen functional groups attached to an aromatic ring is 1. The highest BCUT2D eigenvalue weighted by molar-refractivity contribution is 7.86. The van der Waals surface area contributed by atoms with Crippen molar-refractivity contribution in [3.63, 3.8) is 0 Å². The maximum absolute atomic E-state index is 10.8. The van der Waals surface area contributed by atoms with Crippen LogP contribution in [0.2, 0.25) is 5.02 Å². The lowest BCUT2D eigenvalue weighted by molar-refractivity contribution is 0.483. The molecular formula is C7H9ClN2O3S. The molecule has 0 heterocycles. The fourth-order valence-corrected chi connectivity index (χ4v) is 2.10. The number of hydrogen-bond acceptors (Lipinski definition) is 4. The van der Waals surface area contributed by atoms with E-state index < -0.39 is 10.1 Å². The van der Waals surface area contributed by atoms with Crippen molar-refractivity contribution in [3.8, 4) is 0 Å². The number of halogens is 1. The molecule has 0 fully saturated rings. The minimum atomic E-state index is -4.28. The molecule has 1 aromatic rings. The van der Waals surface area contributed by atoms with Crippen molar-refractivity contribution < 1.29 is 13.0 Å². The van der Waals surface area contributed by atoms with Gasteiger partial charge in [0.1, 0.15) is 4.90 Å². The summed E-state index contributed by atoms with van der Waals surface area (Å²) in [6.07, 6.45) is 0. The Morgan fingerprint density at radius 1 is 1.50 bits per heavy atom. The summed E-state index contributed by atoms with van der Waals surface area (Å²) >= 11 is 5.63. The Balaban J connectivity index is 3.44. The number of nitrogens with one attached hydrogen (secondary N) is 1. The summed E-state index contributed by atoms with van der Waals surface area (Å²) in [5.74, 6) is 5.16. The summed E-state index contributed by atoms with van der Waals surface area (Å²) in [5.41, 5.74) is 3.43. The van der Waals surface area contributed by atoms with Gasteiger partial charge >= 0.3 is 0 Å². The third-order valence-corrected chi connectivity index (χ3v) is 3.03. The van der Waals surface area contributed by atoms with Gasteiger partial charge in [0.15, 0.2) is 0 Å². The maximum atomic E-state index is 10.8. The van der Waals surface area contributed by atoms with Crippen LogP contribution in [0, 0.1) is 6.92 Å². The van der Waals surface area contributed by atoms with E-state index in [4.69, 9.17) is 22.0 Å². The van der Waals surface area contributed by atoms with Crippen LogP contribution >= 0.6 is 11.6 Å². The van der Waals surface area contributed by atoms with Crippen LogP contribution in [0.5, 0.6) is 0 Å². The van der Waals surface area contributed by atoms with Gasteiger partial charge in [-0.1, -0.05) is 11.6 Å². The van der Waals surface area contributed by atoms with Gasteiger partial charge in [0.05, 0.1) is 10.7 Å². The summed E-state index contributed by atoms with van der Waals surface area (Å²) in [6.45, 7) is 1.64. The molecule has 0 aliphatic heterocycles. The van der Waals surface area contributed by atoms with Crippen LogP contribution in [0.25, 0.3) is 0 Å². The van der Waals surface area contributed by atoms with Gasteiger partial charge in [-0.2, -0.15) is 8.42 Å². The van der Waals surface area contributed by atoms with E-state index in [1.165, 1.54) is 12.1 Å². The molecule has 0 saturated heterocycles. The molecule has 5 nitrogen and oxygen atoms in total. The molecule has 1 aromatic carbocycles. The Kier molecular flexibility index (Phi) is 3.01. The van der Waals surface area contributed by atoms with Gasteiger partial charge in [-0.15, -0.1) is 0 Å². The van der Waals surface area contributed by atoms with Crippen LogP contribution in [0.15, 0.2) is 17.0 Å². The van der Waals surface area contributed by atoms with Crippen LogP contribution in [0.3, 0.4) is 0 Å². The number of aryl methyl sites for hydroxylation is 1. The molecule has 0 saturated carbocycles. The molecule has 78 valence electrons. The Morgan fingerprint density at radius 3 is 2.50 bits per heavy atom. The molecule has 0 radical (unpaired) electrons. The van der Waals surface area contributed by atoms with Crippen molar-refractivity contribution in [2.75, 3.05) is 5.43 Å². The smallest absolute Gasteiger partial charge is 0.296 e. The predicted octanol–water partition coefficient (Wildman–Crippen LogP) is 1.18. The van der Waals surface area contributed by atoms with E-state index in [2.05, 4.69) is 5.43 Å². The van der Waals surface area contributed by atoms with Crippen LogP contribution in [0.1, 0.15) is 5.56 Å². The molecule has 0 unspecified atom stereocenters. The topological polar surface area (TPSA) is 92.4 Å². The van der Waals surface area contributed by atoms with Crippen molar-refractivity contribution in [2.45, 2.75) is 11.8 Å². The van der Waals surface area contributed by atoms with Gasteiger partial charge in [-0.25, -0.2) is 0 Å². The Morgan fingerprint density at radius 2 is 2.07 bits per heavy atom. The maximum Gasteiger partial charge on any atom is 0.296 e. The lowest BCUT2D eigenvalue weighted by Crippen LogP contribution is -2.09. The monoisotopic (exact) mass is 236 g/mol. The normalized spacial score (nSPS) is 11.4. The molecule has 0 atom stereocenters. The van der Waals surface area contributed by atoms with Crippen LogP contribution in [0.4, 0.5) is 5.69 Å². The van der Waals surface area contributed by atoms with E-state index >= 15 is 0 Å². The third-order valence-electron chi connectivity index (χ3n) is 1.71. The minimum absolute atomic E-state index is 0.0777. The molecule has 0 aromatic heterocycles. The van der Waals surface area contributed by atoms with Crippen molar-refractivity contribution in [3.05, 3.63) is 22.7 Å². The number of anilines is 1. The minimum Gasteiger partial charge on any atom is -0.324 e. The van der Waals surface area contributed by atoms with E-state index in [1.54, 1.807) is 6.92 Å². The zero-order valence-corrected chi connectivity index (χ0v) is 8.85. The highest BCUT2D eigenvalue weighted by Crippen LogP contribution is 2.27. The van der Waals surface area contributed by atoms with E-state index in [1.807, 2.05) is 0 Å². The molecule has 0 amide bonds. The van der Waals surface area contributed by atoms with Crippen LogP contribution < -0.4 is 11.3 Å². The summed E-state index contributed by atoms with van der Waals surface area (Å²) in [5, 5.41) is -0.0777. The quantitative estimate of drug-likeness (QED) is 0.407. The number of hydrogen-bond donors (Lipinski definition) is 3. The molecular weight excluding hydrogens is 228 g/mol. The van der Waals surface area contributed by atoms with Gasteiger partial charge in [0.2, 0.25) is 0 Å². The van der Waals surface area contributed by atoms with Gasteiger partial charge < -0.3 is 5.43 Å². The van der Waals surface area contributed by atoms with Gasteiger partial charge in [0.25, 0.3) is 10.1 Å². The first-order chi connectivity index (χ1) is 6.36. The number of hydrazine groups is 1. The molecule has 14 heavy (non-hydrogen) atoms. The first-order valence-electron chi connectivity index (χ1n) is 3.60. The molecule has 0 bridgehead atoms. The standard InChI is InChI=1S/C7H9ClN2O3S/c1-4-2-7(14(11,12)13)5(8)3-6(4)10-9/h2-3,10H,9H2,1H3,(H,11,12,13). The first kappa shape index (κ1) is 11.3. The fourth-order valence-electron chi connectivity index (χ4n) is 1.01. The van der Waals surface area contributed by atoms with E-state index in [-0.39, 0.29) is 9.92 Å². The highest BCUT2D eigenvalue weighted by atomic mass is 35.5. The average molecular weight is 237 g/mol. The van der Waals surface area contributed by atoms with E-state index in [9.17, 15) is 8.42 Å². The highest BCUT2D eigenvalue weighted by Gasteiger charge is 2.16. The third kappa shape index (κ3) is 2.16. The molecule has 4 N–H and O–H groups in total. The zero-order chi connectivity index (χ0) is 10.9. The van der Waals surface area contributed by atoms with Crippen molar-refractivity contribution in [1.29, 1.82) is 0 Å². The second kappa shape index (κ2) is 3.74. The van der Waals surface area contributed by atoms with Crippen molar-refractivity contribution in [1.82, 2.24) is 0 Å². The molecule has 0 spiro atoms. The number of rotatable bonds is 2. The van der Waals surface area contributed by atoms with Gasteiger partial charge in [0, 0.05) is 0 Å². The molecule has 1 rings (SSSR count). The second-order valence-electron chi connectivity index (χ2n) is 2.72. The Bertz CT molecular complexity index is 458. The fraction of sp³-hybridized carbons (Fsp3) is 0.143. The summed E-state index contributed by atoms with van der Waals surface area (Å²) in [4.78, 5) is -0.323. The molecule has 0 aliphatic rings. The van der Waals surface area contributed by atoms with Gasteiger partial charge in [-0.3, -0.25) is 10.4 Å². The number of nitrogens with two attached hydrogens (primary N) is 1. The lowest BCUT2D eigenvalue weighted by Gasteiger charge is -2.07. The lowest BCUT2D eigenvalue weighted by atomic mass is 10.2. The largest absolute Gasteiger partial charge is 0.324 e. The molecule has 0 aliphatic carbocycles. The van der Waals surface area contributed by atoms with E-state index in [0.29, 0.717) is 11.3 Å². The predicted molar refractivity (Wildman–Crippen MR) is 53.8 cm³/mol. The zero-order valence-electron chi connectivity index (χ0n) is 7.28. The summed E-state index contributed by atoms with van der Waals surface area (Å²) in [7, 11) is -4.28. The SMILES string of the molecule is Cc1cc(S(=O)(=O)O)c(Cl)cc1NN. The Labute approximate surface area is 86.6 Å². The second-order valence-corrected chi connectivity index (χ2v) is 4.51. The van der Waals surface area contributed by atoms with Crippen LogP contribution in [-0.2, 0) is 10.1 Å². The molecule has 7 heteroatoms. The van der Waals surface area contributed by atoms with Crippen molar-refractivity contribution in [2.24, 2.45) is 5.84 Å². The summed E-state index contributed by atoms with van der Waals surface area (Å²) < 4.78 is 30.4. The van der Waals surface area contributed by atoms with Gasteiger partial charge in [-0.05, 0) is 24.6 Å². The van der Waals surface area contributed by atoms with Crippen LogP contribution in [-0.4, -0.2) is 13.0 Å². The Hall–Kier alpha value is -0.820. The van der Waals surface area contributed by atoms with Crippen molar-refractivity contribution >= 4 is 27.4 Å².